The second-order valence-corrected chi connectivity index (χ2v) is 14.0. The van der Waals surface area contributed by atoms with Crippen LogP contribution < -0.4 is 20.7 Å². The lowest BCUT2D eigenvalue weighted by Crippen LogP contribution is -2.51. The maximum Gasteiger partial charge on any atom is 0.249 e. The number of hydrogen-bond donors (Lipinski definition) is 4. The van der Waals surface area contributed by atoms with Crippen molar-refractivity contribution in [2.75, 3.05) is 17.7 Å². The number of nitrogens with two attached hydrogens (primary N) is 1. The third-order valence-electron chi connectivity index (χ3n) is 7.46. The van der Waals surface area contributed by atoms with Gasteiger partial charge in [0.05, 0.1) is 17.5 Å². The third-order valence-corrected chi connectivity index (χ3v) is 9.15. The monoisotopic (exact) mass is 624 g/mol. The summed E-state index contributed by atoms with van der Waals surface area (Å²) in [5.74, 6) is -0.433. The van der Waals surface area contributed by atoms with Gasteiger partial charge < -0.3 is 20.6 Å². The van der Waals surface area contributed by atoms with Crippen molar-refractivity contribution >= 4 is 39.3 Å². The van der Waals surface area contributed by atoms with Crippen molar-refractivity contribution in [3.05, 3.63) is 77.9 Å². The molecule has 43 heavy (non-hydrogen) atoms. The molecule has 0 unspecified atom stereocenters. The van der Waals surface area contributed by atoms with Crippen LogP contribution in [0.4, 0.5) is 5.69 Å². The fourth-order valence-corrected chi connectivity index (χ4v) is 6.46. The van der Waals surface area contributed by atoms with Crippen molar-refractivity contribution in [2.45, 2.75) is 74.1 Å². The molecule has 3 aromatic carbocycles. The van der Waals surface area contributed by atoms with Gasteiger partial charge in [0.2, 0.25) is 21.8 Å². The Morgan fingerprint density at radius 2 is 1.84 bits per heavy atom. The second kappa shape index (κ2) is 13.6. The number of carbonyl (C=O) groups excluding carboxylic acids is 2. The number of nitrogens with zero attached hydrogens (tertiary/aromatic N) is 1. The summed E-state index contributed by atoms with van der Waals surface area (Å²) in [6.07, 6.45) is 2.71. The molecular weight excluding hydrogens is 585 g/mol. The normalized spacial score (nSPS) is 16.4. The molecule has 0 fully saturated rings. The molecule has 4 rings (SSSR count). The van der Waals surface area contributed by atoms with Gasteiger partial charge in [0, 0.05) is 34.7 Å². The molecule has 1 aliphatic heterocycles. The standard InChI is InChI=1S/C32H40N4O5S2/c1-21(37)19-34-32(2,3)18-30(38)35-27-15-13-24-17-25(42-4)14-16-28(24)36(31(27)39)20-22-9-11-23(12-10-22)26-7-5-6-8-29(26)43(33,40)41/h5-12,14,16-17,21,27,34,37H,13,15,18-20H2,1-4H3,(H,35,38)(H2,33,40,41)/t21-,27-/m1/s1. The van der Waals surface area contributed by atoms with Gasteiger partial charge in [-0.05, 0) is 80.8 Å². The van der Waals surface area contributed by atoms with E-state index in [-0.39, 0.29) is 29.7 Å². The van der Waals surface area contributed by atoms with Gasteiger partial charge in [-0.3, -0.25) is 9.59 Å². The Morgan fingerprint density at radius 1 is 1.14 bits per heavy atom. The van der Waals surface area contributed by atoms with Gasteiger partial charge in [-0.25, -0.2) is 13.6 Å². The molecule has 0 saturated carbocycles. The van der Waals surface area contributed by atoms with Gasteiger partial charge in [-0.2, -0.15) is 0 Å². The molecular formula is C32H40N4O5S2. The average Bonchev–Trinajstić information content (AvgIpc) is 3.07. The molecule has 0 bridgehead atoms. The minimum atomic E-state index is -3.90. The van der Waals surface area contributed by atoms with Crippen molar-refractivity contribution in [3.63, 3.8) is 0 Å². The van der Waals surface area contributed by atoms with Crippen molar-refractivity contribution in [3.8, 4) is 11.1 Å². The summed E-state index contributed by atoms with van der Waals surface area (Å²) in [5, 5.41) is 21.2. The van der Waals surface area contributed by atoms with Crippen LogP contribution in [-0.2, 0) is 32.6 Å². The molecule has 230 valence electrons. The van der Waals surface area contributed by atoms with Crippen molar-refractivity contribution in [2.24, 2.45) is 5.14 Å². The van der Waals surface area contributed by atoms with Gasteiger partial charge in [-0.15, -0.1) is 11.8 Å². The molecule has 9 nitrogen and oxygen atoms in total. The molecule has 0 spiro atoms. The largest absolute Gasteiger partial charge is 0.392 e. The van der Waals surface area contributed by atoms with Gasteiger partial charge in [0.25, 0.3) is 0 Å². The van der Waals surface area contributed by atoms with Crippen molar-refractivity contribution in [1.29, 1.82) is 0 Å². The smallest absolute Gasteiger partial charge is 0.249 e. The topological polar surface area (TPSA) is 142 Å². The van der Waals surface area contributed by atoms with E-state index in [0.29, 0.717) is 30.5 Å². The number of primary sulfonamides is 1. The van der Waals surface area contributed by atoms with Crippen LogP contribution in [0.3, 0.4) is 0 Å². The first kappa shape index (κ1) is 32.7. The van der Waals surface area contributed by atoms with Gasteiger partial charge >= 0.3 is 0 Å². The third kappa shape index (κ3) is 8.45. The minimum absolute atomic E-state index is 0.0480. The van der Waals surface area contributed by atoms with Crippen LogP contribution in [0.25, 0.3) is 11.1 Å². The number of aryl methyl sites for hydroxylation is 1. The zero-order valence-electron chi connectivity index (χ0n) is 25.0. The Morgan fingerprint density at radius 3 is 2.49 bits per heavy atom. The molecule has 3 aromatic rings. The lowest BCUT2D eigenvalue weighted by molar-refractivity contribution is -0.128. The number of amides is 2. The first-order valence-corrected chi connectivity index (χ1v) is 17.0. The number of thioether (sulfide) groups is 1. The summed E-state index contributed by atoms with van der Waals surface area (Å²) < 4.78 is 24.2. The van der Waals surface area contributed by atoms with Crippen LogP contribution >= 0.6 is 11.8 Å². The van der Waals surface area contributed by atoms with E-state index < -0.39 is 27.7 Å². The summed E-state index contributed by atoms with van der Waals surface area (Å²) >= 11 is 1.63. The number of β-amino-alcohol motifs (C(OH)–C–C–N with tert-alkyl or cyclic N) is 1. The zero-order valence-corrected chi connectivity index (χ0v) is 26.6. The van der Waals surface area contributed by atoms with E-state index in [9.17, 15) is 23.1 Å². The van der Waals surface area contributed by atoms with E-state index in [2.05, 4.69) is 16.7 Å². The maximum absolute atomic E-state index is 14.0. The molecule has 11 heteroatoms. The number of nitrogens with one attached hydrogen (secondary N) is 2. The molecule has 1 heterocycles. The van der Waals surface area contributed by atoms with Crippen LogP contribution in [-0.4, -0.2) is 55.8 Å². The highest BCUT2D eigenvalue weighted by Gasteiger charge is 2.33. The number of fused-ring (bicyclic) bond motifs is 1. The van der Waals surface area contributed by atoms with Gasteiger partial charge in [0.15, 0.2) is 0 Å². The van der Waals surface area contributed by atoms with Crippen LogP contribution in [0.5, 0.6) is 0 Å². The van der Waals surface area contributed by atoms with Crippen LogP contribution in [0.1, 0.15) is 44.7 Å². The number of hydrogen-bond acceptors (Lipinski definition) is 7. The minimum Gasteiger partial charge on any atom is -0.392 e. The van der Waals surface area contributed by atoms with Crippen LogP contribution in [0.2, 0.25) is 0 Å². The maximum atomic E-state index is 14.0. The quantitative estimate of drug-likeness (QED) is 0.238. The van der Waals surface area contributed by atoms with Crippen LogP contribution in [0.15, 0.2) is 76.5 Å². The molecule has 1 aliphatic rings. The van der Waals surface area contributed by atoms with Gasteiger partial charge in [0.1, 0.15) is 6.04 Å². The van der Waals surface area contributed by atoms with Crippen molar-refractivity contribution in [1.82, 2.24) is 10.6 Å². The van der Waals surface area contributed by atoms with Crippen molar-refractivity contribution < 1.29 is 23.1 Å². The molecule has 0 radical (unpaired) electrons. The molecule has 2 amide bonds. The molecule has 0 saturated heterocycles. The SMILES string of the molecule is CSc1ccc2c(c1)CC[C@@H](NC(=O)CC(C)(C)NC[C@@H](C)O)C(=O)N2Cc1ccc(-c2ccccc2S(N)(=O)=O)cc1. The summed E-state index contributed by atoms with van der Waals surface area (Å²) in [6.45, 7) is 6.09. The van der Waals surface area contributed by atoms with E-state index in [1.807, 2.05) is 56.5 Å². The highest BCUT2D eigenvalue weighted by molar-refractivity contribution is 7.98. The first-order chi connectivity index (χ1) is 20.3. The fourth-order valence-electron chi connectivity index (χ4n) is 5.24. The Labute approximate surface area is 258 Å². The Balaban J connectivity index is 1.59. The highest BCUT2D eigenvalue weighted by Crippen LogP contribution is 2.33. The number of benzene rings is 3. The lowest BCUT2D eigenvalue weighted by Gasteiger charge is -2.29. The predicted molar refractivity (Wildman–Crippen MR) is 171 cm³/mol. The number of aliphatic hydroxyl groups is 1. The summed E-state index contributed by atoms with van der Waals surface area (Å²) in [7, 11) is -3.90. The Kier molecular flexibility index (Phi) is 10.3. The number of aliphatic hydroxyl groups excluding tert-OH is 1. The zero-order chi connectivity index (χ0) is 31.4. The number of rotatable bonds is 11. The van der Waals surface area contributed by atoms with E-state index in [4.69, 9.17) is 5.14 Å². The fraction of sp³-hybridized carbons (Fsp3) is 0.375. The summed E-state index contributed by atoms with van der Waals surface area (Å²) in [6, 6.07) is 19.3. The van der Waals surface area contributed by atoms with E-state index in [0.717, 1.165) is 21.7 Å². The molecule has 5 N–H and O–H groups in total. The Bertz CT molecular complexity index is 1570. The van der Waals surface area contributed by atoms with E-state index >= 15 is 0 Å². The molecule has 2 atom stereocenters. The predicted octanol–water partition coefficient (Wildman–Crippen LogP) is 3.83. The lowest BCUT2D eigenvalue weighted by atomic mass is 9.99. The van der Waals surface area contributed by atoms with Gasteiger partial charge in [-0.1, -0.05) is 42.5 Å². The highest BCUT2D eigenvalue weighted by atomic mass is 32.2. The Hall–Kier alpha value is -3.22. The van der Waals surface area contributed by atoms with E-state index in [1.54, 1.807) is 41.8 Å². The van der Waals surface area contributed by atoms with Crippen LogP contribution in [0, 0.1) is 0 Å². The average molecular weight is 625 g/mol. The number of anilines is 1. The summed E-state index contributed by atoms with van der Waals surface area (Å²) in [5.41, 5.74) is 3.33. The summed E-state index contributed by atoms with van der Waals surface area (Å²) in [4.78, 5) is 30.0. The molecule has 0 aliphatic carbocycles. The molecule has 0 aromatic heterocycles. The second-order valence-electron chi connectivity index (χ2n) is 11.6. The number of sulfonamides is 1. The number of carbonyl (C=O) groups is 2. The van der Waals surface area contributed by atoms with E-state index in [1.165, 1.54) is 6.07 Å². The first-order valence-electron chi connectivity index (χ1n) is 14.2.